The molecule has 0 saturated heterocycles. The van der Waals surface area contributed by atoms with Gasteiger partial charge in [-0.1, -0.05) is 56.7 Å². The Bertz CT molecular complexity index is 375. The summed E-state index contributed by atoms with van der Waals surface area (Å²) in [6.07, 6.45) is 5.82. The van der Waals surface area contributed by atoms with Crippen LogP contribution in [0.2, 0.25) is 0 Å². The van der Waals surface area contributed by atoms with Crippen LogP contribution in [0.5, 0.6) is 0 Å². The second-order valence-corrected chi connectivity index (χ2v) is 4.85. The second kappa shape index (κ2) is 7.95. The van der Waals surface area contributed by atoms with Crippen LogP contribution >= 0.6 is 0 Å². The molecule has 0 aliphatic rings. The zero-order valence-electron chi connectivity index (χ0n) is 11.6. The highest BCUT2D eigenvalue weighted by Crippen LogP contribution is 2.20. The van der Waals surface area contributed by atoms with Gasteiger partial charge in [0.15, 0.2) is 0 Å². The molecule has 0 atom stereocenters. The van der Waals surface area contributed by atoms with Crippen molar-refractivity contribution in [3.8, 4) is 11.8 Å². The fourth-order valence-electron chi connectivity index (χ4n) is 1.90. The van der Waals surface area contributed by atoms with Crippen LogP contribution in [0.4, 0.5) is 0 Å². The topological polar surface area (TPSA) is 20.2 Å². The van der Waals surface area contributed by atoms with Gasteiger partial charge in [0.1, 0.15) is 5.60 Å². The monoisotopic (exact) mass is 244 g/mol. The van der Waals surface area contributed by atoms with Gasteiger partial charge in [-0.2, -0.15) is 0 Å². The Morgan fingerprint density at radius 1 is 1.00 bits per heavy atom. The lowest BCUT2D eigenvalue weighted by molar-refractivity contribution is 0.0774. The molecule has 1 N–H and O–H groups in total. The van der Waals surface area contributed by atoms with Gasteiger partial charge in [0.25, 0.3) is 0 Å². The SMILES string of the molecule is CCCCC(O)(C#Cc1ccccc1)CCCC. The summed E-state index contributed by atoms with van der Waals surface area (Å²) in [5, 5.41) is 10.6. The van der Waals surface area contributed by atoms with E-state index in [1.54, 1.807) is 0 Å². The van der Waals surface area contributed by atoms with Gasteiger partial charge >= 0.3 is 0 Å². The third-order valence-electron chi connectivity index (χ3n) is 3.10. The van der Waals surface area contributed by atoms with E-state index < -0.39 is 5.60 Å². The van der Waals surface area contributed by atoms with E-state index in [9.17, 15) is 5.11 Å². The summed E-state index contributed by atoms with van der Waals surface area (Å²) in [5.41, 5.74) is 0.172. The average molecular weight is 244 g/mol. The van der Waals surface area contributed by atoms with Crippen molar-refractivity contribution in [3.63, 3.8) is 0 Å². The predicted octanol–water partition coefficient (Wildman–Crippen LogP) is 4.15. The van der Waals surface area contributed by atoms with Crippen LogP contribution in [0.1, 0.15) is 57.9 Å². The van der Waals surface area contributed by atoms with Gasteiger partial charge in [0, 0.05) is 5.56 Å². The van der Waals surface area contributed by atoms with Crippen molar-refractivity contribution in [1.29, 1.82) is 0 Å². The first-order valence-electron chi connectivity index (χ1n) is 7.01. The Morgan fingerprint density at radius 3 is 2.06 bits per heavy atom. The minimum atomic E-state index is -0.804. The van der Waals surface area contributed by atoms with Crippen LogP contribution in [0.25, 0.3) is 0 Å². The van der Waals surface area contributed by atoms with Crippen molar-refractivity contribution in [1.82, 2.24) is 0 Å². The Kier molecular flexibility index (Phi) is 6.54. The largest absolute Gasteiger partial charge is 0.378 e. The molecule has 18 heavy (non-hydrogen) atoms. The Hall–Kier alpha value is -1.26. The predicted molar refractivity (Wildman–Crippen MR) is 77.3 cm³/mol. The maximum atomic E-state index is 10.6. The Labute approximate surface area is 111 Å². The standard InChI is InChI=1S/C17H24O/c1-3-5-13-17(18,14-6-4-2)15-12-16-10-8-7-9-11-16/h7-11,18H,3-6,13-14H2,1-2H3. The van der Waals surface area contributed by atoms with Gasteiger partial charge in [-0.25, -0.2) is 0 Å². The molecule has 1 aromatic carbocycles. The van der Waals surface area contributed by atoms with Crippen molar-refractivity contribution in [3.05, 3.63) is 35.9 Å². The summed E-state index contributed by atoms with van der Waals surface area (Å²) < 4.78 is 0. The third kappa shape index (κ3) is 5.38. The number of unbranched alkanes of at least 4 members (excludes halogenated alkanes) is 2. The third-order valence-corrected chi connectivity index (χ3v) is 3.10. The van der Waals surface area contributed by atoms with Crippen molar-refractivity contribution in [2.45, 2.75) is 58.0 Å². The number of hydrogen-bond acceptors (Lipinski definition) is 1. The second-order valence-electron chi connectivity index (χ2n) is 4.85. The summed E-state index contributed by atoms with van der Waals surface area (Å²) >= 11 is 0. The highest BCUT2D eigenvalue weighted by atomic mass is 16.3. The van der Waals surface area contributed by atoms with E-state index in [0.717, 1.165) is 44.1 Å². The smallest absolute Gasteiger partial charge is 0.125 e. The van der Waals surface area contributed by atoms with Crippen molar-refractivity contribution >= 4 is 0 Å². The van der Waals surface area contributed by atoms with Crippen LogP contribution in [-0.4, -0.2) is 10.7 Å². The summed E-state index contributed by atoms with van der Waals surface area (Å²) in [4.78, 5) is 0. The molecule has 0 spiro atoms. The van der Waals surface area contributed by atoms with Crippen molar-refractivity contribution in [2.75, 3.05) is 0 Å². The molecule has 0 fully saturated rings. The first-order valence-corrected chi connectivity index (χ1v) is 7.01. The number of benzene rings is 1. The molecule has 0 aliphatic carbocycles. The van der Waals surface area contributed by atoms with Crippen LogP contribution in [0.3, 0.4) is 0 Å². The summed E-state index contributed by atoms with van der Waals surface area (Å²) in [6, 6.07) is 9.88. The summed E-state index contributed by atoms with van der Waals surface area (Å²) in [5.74, 6) is 6.19. The quantitative estimate of drug-likeness (QED) is 0.745. The van der Waals surface area contributed by atoms with E-state index in [-0.39, 0.29) is 0 Å². The molecule has 1 rings (SSSR count). The number of aliphatic hydroxyl groups is 1. The van der Waals surface area contributed by atoms with E-state index in [1.807, 2.05) is 30.3 Å². The van der Waals surface area contributed by atoms with Crippen LogP contribution in [-0.2, 0) is 0 Å². The molecule has 98 valence electrons. The normalized spacial score (nSPS) is 10.8. The van der Waals surface area contributed by atoms with Gasteiger partial charge in [0.05, 0.1) is 0 Å². The minimum absolute atomic E-state index is 0.781. The first kappa shape index (κ1) is 14.8. The molecule has 0 unspecified atom stereocenters. The zero-order chi connectivity index (χ0) is 13.3. The molecular formula is C17H24O. The van der Waals surface area contributed by atoms with E-state index >= 15 is 0 Å². The van der Waals surface area contributed by atoms with Gasteiger partial charge in [-0.05, 0) is 37.8 Å². The first-order chi connectivity index (χ1) is 8.70. The molecule has 0 amide bonds. The molecular weight excluding hydrogens is 220 g/mol. The highest BCUT2D eigenvalue weighted by Gasteiger charge is 2.22. The minimum Gasteiger partial charge on any atom is -0.378 e. The van der Waals surface area contributed by atoms with Gasteiger partial charge in [-0.15, -0.1) is 0 Å². The van der Waals surface area contributed by atoms with Crippen molar-refractivity contribution in [2.24, 2.45) is 0 Å². The highest BCUT2D eigenvalue weighted by molar-refractivity contribution is 5.35. The molecule has 0 heterocycles. The molecule has 0 bridgehead atoms. The number of rotatable bonds is 6. The molecule has 0 aliphatic heterocycles. The molecule has 1 aromatic rings. The maximum absolute atomic E-state index is 10.6. The van der Waals surface area contributed by atoms with Crippen molar-refractivity contribution < 1.29 is 5.11 Å². The van der Waals surface area contributed by atoms with E-state index in [2.05, 4.69) is 25.7 Å². The molecule has 1 nitrogen and oxygen atoms in total. The Balaban J connectivity index is 2.74. The van der Waals surface area contributed by atoms with Gasteiger partial charge in [0.2, 0.25) is 0 Å². The van der Waals surface area contributed by atoms with E-state index in [1.165, 1.54) is 0 Å². The molecule has 0 saturated carbocycles. The lowest BCUT2D eigenvalue weighted by atomic mass is 9.91. The average Bonchev–Trinajstić information content (AvgIpc) is 2.42. The van der Waals surface area contributed by atoms with Gasteiger partial charge < -0.3 is 5.11 Å². The number of hydrogen-bond donors (Lipinski definition) is 1. The zero-order valence-corrected chi connectivity index (χ0v) is 11.6. The van der Waals surface area contributed by atoms with Crippen LogP contribution in [0, 0.1) is 11.8 Å². The summed E-state index contributed by atoms with van der Waals surface area (Å²) in [7, 11) is 0. The summed E-state index contributed by atoms with van der Waals surface area (Å²) in [6.45, 7) is 4.29. The van der Waals surface area contributed by atoms with E-state index in [4.69, 9.17) is 0 Å². The molecule has 1 heteroatoms. The van der Waals surface area contributed by atoms with Crippen LogP contribution < -0.4 is 0 Å². The fraction of sp³-hybridized carbons (Fsp3) is 0.529. The lowest BCUT2D eigenvalue weighted by Crippen LogP contribution is -2.26. The fourth-order valence-corrected chi connectivity index (χ4v) is 1.90. The van der Waals surface area contributed by atoms with E-state index in [0.29, 0.717) is 0 Å². The maximum Gasteiger partial charge on any atom is 0.125 e. The lowest BCUT2D eigenvalue weighted by Gasteiger charge is -2.21. The Morgan fingerprint density at radius 2 is 1.56 bits per heavy atom. The molecule has 0 radical (unpaired) electrons. The van der Waals surface area contributed by atoms with Crippen LogP contribution in [0.15, 0.2) is 30.3 Å². The van der Waals surface area contributed by atoms with Gasteiger partial charge in [-0.3, -0.25) is 0 Å². The molecule has 0 aromatic heterocycles.